The van der Waals surface area contributed by atoms with Crippen molar-refractivity contribution in [1.82, 2.24) is 4.98 Å². The summed E-state index contributed by atoms with van der Waals surface area (Å²) in [5.74, 6) is 0. The average Bonchev–Trinajstić information content (AvgIpc) is 2.63. The number of nitrogens with two attached hydrogens (primary N) is 1. The Bertz CT molecular complexity index is 408. The first-order valence-corrected chi connectivity index (χ1v) is 4.25. The lowest BCUT2D eigenvalue weighted by molar-refractivity contribution is 0.268. The van der Waals surface area contributed by atoms with Crippen molar-refractivity contribution in [3.8, 4) is 0 Å². The van der Waals surface area contributed by atoms with E-state index in [9.17, 15) is 0 Å². The Morgan fingerprint density at radius 2 is 2.23 bits per heavy atom. The number of aromatic nitrogens is 1. The third kappa shape index (κ3) is 1.43. The highest BCUT2D eigenvalue weighted by atomic mass is 16.3. The van der Waals surface area contributed by atoms with Gasteiger partial charge in [-0.1, -0.05) is 12.1 Å². The van der Waals surface area contributed by atoms with Crippen molar-refractivity contribution in [2.24, 2.45) is 5.73 Å². The zero-order valence-corrected chi connectivity index (χ0v) is 7.20. The van der Waals surface area contributed by atoms with E-state index in [0.29, 0.717) is 0 Å². The van der Waals surface area contributed by atoms with Crippen LogP contribution in [0.3, 0.4) is 0 Å². The minimum atomic E-state index is -0.285. The number of aliphatic hydroxyl groups excluding tert-OH is 1. The largest absolute Gasteiger partial charge is 0.394 e. The third-order valence-electron chi connectivity index (χ3n) is 2.20. The van der Waals surface area contributed by atoms with Crippen LogP contribution in [-0.2, 0) is 0 Å². The van der Waals surface area contributed by atoms with Gasteiger partial charge in [0, 0.05) is 11.7 Å². The number of H-pyrrole nitrogens is 1. The summed E-state index contributed by atoms with van der Waals surface area (Å²) in [5, 5.41) is 10.0. The summed E-state index contributed by atoms with van der Waals surface area (Å²) in [6.45, 7) is -0.0216. The van der Waals surface area contributed by atoms with E-state index in [0.717, 1.165) is 16.5 Å². The molecule has 3 heteroatoms. The number of aromatic amines is 1. The molecule has 0 fully saturated rings. The van der Waals surface area contributed by atoms with Crippen LogP contribution in [0.25, 0.3) is 10.9 Å². The topological polar surface area (TPSA) is 62.0 Å². The molecule has 0 unspecified atom stereocenters. The van der Waals surface area contributed by atoms with Crippen LogP contribution >= 0.6 is 0 Å². The van der Waals surface area contributed by atoms with E-state index >= 15 is 0 Å². The predicted octanol–water partition coefficient (Wildman–Crippen LogP) is 1.16. The second kappa shape index (κ2) is 3.20. The van der Waals surface area contributed by atoms with Crippen molar-refractivity contribution in [2.75, 3.05) is 6.61 Å². The zero-order valence-electron chi connectivity index (χ0n) is 7.20. The lowest BCUT2D eigenvalue weighted by Gasteiger charge is -2.07. The highest BCUT2D eigenvalue weighted by molar-refractivity contribution is 5.79. The molecule has 68 valence electrons. The lowest BCUT2D eigenvalue weighted by atomic mass is 10.1. The number of fused-ring (bicyclic) bond motifs is 1. The van der Waals surface area contributed by atoms with Crippen LogP contribution < -0.4 is 5.73 Å². The van der Waals surface area contributed by atoms with Crippen LogP contribution in [0.1, 0.15) is 11.6 Å². The van der Waals surface area contributed by atoms with Crippen molar-refractivity contribution in [3.63, 3.8) is 0 Å². The highest BCUT2D eigenvalue weighted by Gasteiger charge is 2.04. The molecule has 2 aromatic rings. The van der Waals surface area contributed by atoms with Crippen LogP contribution in [-0.4, -0.2) is 16.7 Å². The number of benzene rings is 1. The molecule has 1 aromatic carbocycles. The SMILES string of the molecule is N[C@H](CO)c1ccc2cc[nH]c2c1. The van der Waals surface area contributed by atoms with E-state index in [4.69, 9.17) is 10.8 Å². The summed E-state index contributed by atoms with van der Waals surface area (Å²) >= 11 is 0. The molecular weight excluding hydrogens is 164 g/mol. The molecule has 0 saturated carbocycles. The van der Waals surface area contributed by atoms with Gasteiger partial charge in [0.15, 0.2) is 0 Å². The van der Waals surface area contributed by atoms with Crippen LogP contribution in [0.2, 0.25) is 0 Å². The Hall–Kier alpha value is -1.32. The Morgan fingerprint density at radius 3 is 3.00 bits per heavy atom. The van der Waals surface area contributed by atoms with Crippen LogP contribution in [0.5, 0.6) is 0 Å². The van der Waals surface area contributed by atoms with E-state index in [-0.39, 0.29) is 12.6 Å². The van der Waals surface area contributed by atoms with E-state index < -0.39 is 0 Å². The molecule has 13 heavy (non-hydrogen) atoms. The molecule has 0 radical (unpaired) electrons. The van der Waals surface area contributed by atoms with Crippen LogP contribution in [0.15, 0.2) is 30.5 Å². The fourth-order valence-corrected chi connectivity index (χ4v) is 1.40. The smallest absolute Gasteiger partial charge is 0.0624 e. The van der Waals surface area contributed by atoms with E-state index in [1.165, 1.54) is 0 Å². The molecule has 4 N–H and O–H groups in total. The summed E-state index contributed by atoms with van der Waals surface area (Å²) in [6.07, 6.45) is 1.89. The molecule has 0 bridgehead atoms. The van der Waals surface area contributed by atoms with Gasteiger partial charge in [0.1, 0.15) is 0 Å². The van der Waals surface area contributed by atoms with Gasteiger partial charge in [0.25, 0.3) is 0 Å². The standard InChI is InChI=1S/C10H12N2O/c11-9(6-13)8-2-1-7-3-4-12-10(7)5-8/h1-5,9,12-13H,6,11H2/t9-/m1/s1. The Kier molecular flexibility index (Phi) is 2.04. The van der Waals surface area contributed by atoms with Gasteiger partial charge in [-0.15, -0.1) is 0 Å². The molecule has 1 atom stereocenters. The summed E-state index contributed by atoms with van der Waals surface area (Å²) in [5.41, 5.74) is 7.70. The predicted molar refractivity (Wildman–Crippen MR) is 52.3 cm³/mol. The van der Waals surface area contributed by atoms with Crippen molar-refractivity contribution < 1.29 is 5.11 Å². The number of rotatable bonds is 2. The summed E-state index contributed by atoms with van der Waals surface area (Å²) in [6, 6.07) is 7.63. The minimum Gasteiger partial charge on any atom is -0.394 e. The van der Waals surface area contributed by atoms with Gasteiger partial charge in [-0.2, -0.15) is 0 Å². The summed E-state index contributed by atoms with van der Waals surface area (Å²) in [7, 11) is 0. The molecule has 2 rings (SSSR count). The molecule has 0 aliphatic heterocycles. The second-order valence-corrected chi connectivity index (χ2v) is 3.11. The monoisotopic (exact) mass is 176 g/mol. The second-order valence-electron chi connectivity index (χ2n) is 3.11. The molecule has 3 nitrogen and oxygen atoms in total. The summed E-state index contributed by atoms with van der Waals surface area (Å²) < 4.78 is 0. The lowest BCUT2D eigenvalue weighted by Crippen LogP contribution is -2.14. The van der Waals surface area contributed by atoms with Gasteiger partial charge in [0.2, 0.25) is 0 Å². The van der Waals surface area contributed by atoms with Gasteiger partial charge in [-0.05, 0) is 23.1 Å². The van der Waals surface area contributed by atoms with E-state index in [2.05, 4.69) is 4.98 Å². The Balaban J connectivity index is 2.48. The fraction of sp³-hybridized carbons (Fsp3) is 0.200. The Morgan fingerprint density at radius 1 is 1.38 bits per heavy atom. The first kappa shape index (κ1) is 8.29. The van der Waals surface area contributed by atoms with E-state index in [1.807, 2.05) is 30.5 Å². The van der Waals surface area contributed by atoms with Crippen molar-refractivity contribution in [2.45, 2.75) is 6.04 Å². The highest BCUT2D eigenvalue weighted by Crippen LogP contribution is 2.17. The normalized spacial score (nSPS) is 13.4. The maximum atomic E-state index is 8.88. The van der Waals surface area contributed by atoms with Gasteiger partial charge in [0.05, 0.1) is 12.6 Å². The van der Waals surface area contributed by atoms with Gasteiger partial charge in [-0.3, -0.25) is 0 Å². The number of hydrogen-bond donors (Lipinski definition) is 3. The number of aliphatic hydroxyl groups is 1. The minimum absolute atomic E-state index is 0.0216. The molecule has 0 saturated heterocycles. The van der Waals surface area contributed by atoms with Crippen molar-refractivity contribution >= 4 is 10.9 Å². The molecule has 0 amide bonds. The van der Waals surface area contributed by atoms with Crippen LogP contribution in [0, 0.1) is 0 Å². The molecule has 1 heterocycles. The fourth-order valence-electron chi connectivity index (χ4n) is 1.40. The maximum absolute atomic E-state index is 8.88. The first-order valence-electron chi connectivity index (χ1n) is 4.25. The average molecular weight is 176 g/mol. The molecule has 1 aromatic heterocycles. The molecule has 0 aliphatic carbocycles. The molecule has 0 spiro atoms. The zero-order chi connectivity index (χ0) is 9.26. The van der Waals surface area contributed by atoms with Gasteiger partial charge in [-0.25, -0.2) is 0 Å². The maximum Gasteiger partial charge on any atom is 0.0624 e. The van der Waals surface area contributed by atoms with Crippen LogP contribution in [0.4, 0.5) is 0 Å². The van der Waals surface area contributed by atoms with Crippen molar-refractivity contribution in [1.29, 1.82) is 0 Å². The van der Waals surface area contributed by atoms with E-state index in [1.54, 1.807) is 0 Å². The third-order valence-corrected chi connectivity index (χ3v) is 2.20. The first-order chi connectivity index (χ1) is 6.31. The summed E-state index contributed by atoms with van der Waals surface area (Å²) in [4.78, 5) is 3.10. The molecular formula is C10H12N2O. The molecule has 0 aliphatic rings. The van der Waals surface area contributed by atoms with Gasteiger partial charge < -0.3 is 15.8 Å². The quantitative estimate of drug-likeness (QED) is 0.643. The number of hydrogen-bond acceptors (Lipinski definition) is 2. The van der Waals surface area contributed by atoms with Gasteiger partial charge >= 0.3 is 0 Å². The Labute approximate surface area is 76.2 Å². The van der Waals surface area contributed by atoms with Crippen molar-refractivity contribution in [3.05, 3.63) is 36.0 Å². The number of nitrogens with one attached hydrogen (secondary N) is 1.